The zero-order valence-electron chi connectivity index (χ0n) is 23.1. The van der Waals surface area contributed by atoms with Crippen molar-refractivity contribution in [3.05, 3.63) is 91.3 Å². The molecule has 0 spiro atoms. The van der Waals surface area contributed by atoms with Crippen molar-refractivity contribution >= 4 is 49.0 Å². The highest BCUT2D eigenvalue weighted by Gasteiger charge is 2.19. The Morgan fingerprint density at radius 3 is 2.45 bits per heavy atom. The summed E-state index contributed by atoms with van der Waals surface area (Å²) in [6.07, 6.45) is 8.11. The number of hydrogen-bond acceptors (Lipinski definition) is 9. The van der Waals surface area contributed by atoms with Gasteiger partial charge in [-0.05, 0) is 74.9 Å². The van der Waals surface area contributed by atoms with E-state index in [1.165, 1.54) is 30.7 Å². The normalized spacial score (nSPS) is 12.1. The van der Waals surface area contributed by atoms with Gasteiger partial charge in [-0.3, -0.25) is 14.4 Å². The second-order valence-corrected chi connectivity index (χ2v) is 12.3. The molecule has 0 aliphatic carbocycles. The zero-order chi connectivity index (χ0) is 29.5. The van der Waals surface area contributed by atoms with Gasteiger partial charge < -0.3 is 10.4 Å². The Bertz CT molecular complexity index is 2020. The average molecular weight is 581 g/mol. The topological polar surface area (TPSA) is 148 Å². The molecule has 6 aromatic rings. The summed E-state index contributed by atoms with van der Waals surface area (Å²) in [5, 5.41) is 20.9. The molecule has 3 N–H and O–H groups in total. The van der Waals surface area contributed by atoms with Crippen LogP contribution in [0.25, 0.3) is 32.9 Å². The first-order valence-corrected chi connectivity index (χ1v) is 14.6. The highest BCUT2D eigenvalue weighted by atomic mass is 32.2. The number of sulfonamides is 1. The summed E-state index contributed by atoms with van der Waals surface area (Å²) in [6.45, 7) is 5.95. The highest BCUT2D eigenvalue weighted by molar-refractivity contribution is 7.92. The molecule has 0 aliphatic heterocycles. The van der Waals surface area contributed by atoms with Crippen LogP contribution in [-0.4, -0.2) is 48.8 Å². The van der Waals surface area contributed by atoms with E-state index in [9.17, 15) is 13.5 Å². The molecule has 12 heteroatoms. The van der Waals surface area contributed by atoms with Gasteiger partial charge in [-0.2, -0.15) is 5.10 Å². The van der Waals surface area contributed by atoms with Gasteiger partial charge in [0.15, 0.2) is 0 Å². The lowest BCUT2D eigenvalue weighted by Gasteiger charge is -2.18. The van der Waals surface area contributed by atoms with Crippen molar-refractivity contribution in [3.63, 3.8) is 0 Å². The Hall–Kier alpha value is -4.94. The van der Waals surface area contributed by atoms with Gasteiger partial charge in [-0.25, -0.2) is 23.4 Å². The zero-order valence-corrected chi connectivity index (χ0v) is 24.0. The Labute approximate surface area is 242 Å². The van der Waals surface area contributed by atoms with Crippen molar-refractivity contribution in [1.82, 2.24) is 29.7 Å². The van der Waals surface area contributed by atoms with Gasteiger partial charge in [0.25, 0.3) is 10.0 Å². The first kappa shape index (κ1) is 27.2. The molecule has 0 saturated heterocycles. The maximum atomic E-state index is 12.7. The number of benzene rings is 2. The Kier molecular flexibility index (Phi) is 6.79. The van der Waals surface area contributed by atoms with Crippen molar-refractivity contribution in [2.24, 2.45) is 0 Å². The monoisotopic (exact) mass is 580 g/mol. The smallest absolute Gasteiger partial charge is 0.263 e. The summed E-state index contributed by atoms with van der Waals surface area (Å²) < 4.78 is 29.7. The SMILES string of the molecule is Cc1c(-c2nccc3cnc(Nc4ccc(S(=O)(=O)Nc5ccncn5)cc4)cc23)ccc2c1cnn2CC(C)(C)O. The minimum atomic E-state index is -3.81. The van der Waals surface area contributed by atoms with Gasteiger partial charge in [0, 0.05) is 46.0 Å². The van der Waals surface area contributed by atoms with E-state index in [0.29, 0.717) is 18.1 Å². The van der Waals surface area contributed by atoms with Gasteiger partial charge in [-0.1, -0.05) is 6.07 Å². The number of nitrogens with zero attached hydrogens (tertiary/aromatic N) is 6. The molecular formula is C30H28N8O3S. The van der Waals surface area contributed by atoms with Crippen molar-refractivity contribution in [3.8, 4) is 11.3 Å². The van der Waals surface area contributed by atoms with Gasteiger partial charge in [0.2, 0.25) is 0 Å². The molecule has 0 bridgehead atoms. The molecule has 2 aromatic carbocycles. The molecule has 0 saturated carbocycles. The van der Waals surface area contributed by atoms with Crippen molar-refractivity contribution in [2.45, 2.75) is 37.8 Å². The lowest BCUT2D eigenvalue weighted by molar-refractivity contribution is 0.0591. The molecule has 0 unspecified atom stereocenters. The number of anilines is 3. The third kappa shape index (κ3) is 5.49. The van der Waals surface area contributed by atoms with E-state index in [1.807, 2.05) is 42.1 Å². The maximum Gasteiger partial charge on any atom is 0.263 e. The number of nitrogens with one attached hydrogen (secondary N) is 2. The fourth-order valence-corrected chi connectivity index (χ4v) is 5.81. The maximum absolute atomic E-state index is 12.7. The molecule has 6 rings (SSSR count). The second-order valence-electron chi connectivity index (χ2n) is 10.6. The van der Waals surface area contributed by atoms with Crippen molar-refractivity contribution in [2.75, 3.05) is 10.0 Å². The summed E-state index contributed by atoms with van der Waals surface area (Å²) >= 11 is 0. The minimum Gasteiger partial charge on any atom is -0.389 e. The van der Waals surface area contributed by atoms with Crippen LogP contribution in [-0.2, 0) is 16.6 Å². The second kappa shape index (κ2) is 10.5. The largest absolute Gasteiger partial charge is 0.389 e. The van der Waals surface area contributed by atoms with Gasteiger partial charge in [0.1, 0.15) is 18.0 Å². The van der Waals surface area contributed by atoms with Crippen LogP contribution in [0.5, 0.6) is 0 Å². The van der Waals surface area contributed by atoms with Crippen LogP contribution < -0.4 is 10.0 Å². The standard InChI is InChI=1S/C30H28N8O3S/c1-19-23(8-9-26-25(19)16-35-38(26)17-30(2,3)39)29-24-14-28(33-15-20(24)10-13-32-29)36-21-4-6-22(7-5-21)42(40,41)37-27-11-12-31-18-34-27/h4-16,18,39H,17H2,1-3H3,(H,33,36)(H,31,34,37). The lowest BCUT2D eigenvalue weighted by Crippen LogP contribution is -2.26. The van der Waals surface area contributed by atoms with E-state index in [-0.39, 0.29) is 10.7 Å². The molecule has 4 aromatic heterocycles. The van der Waals surface area contributed by atoms with Crippen LogP contribution in [0.15, 0.2) is 90.6 Å². The van der Waals surface area contributed by atoms with Crippen LogP contribution in [0.2, 0.25) is 0 Å². The summed E-state index contributed by atoms with van der Waals surface area (Å²) in [5.41, 5.74) is 3.55. The number of pyridine rings is 2. The number of hydrogen-bond donors (Lipinski definition) is 3. The molecule has 42 heavy (non-hydrogen) atoms. The van der Waals surface area contributed by atoms with Gasteiger partial charge in [0.05, 0.1) is 34.4 Å². The first-order valence-electron chi connectivity index (χ1n) is 13.2. The van der Waals surface area contributed by atoms with E-state index in [2.05, 4.69) is 30.1 Å². The van der Waals surface area contributed by atoms with E-state index >= 15 is 0 Å². The van der Waals surface area contributed by atoms with E-state index in [4.69, 9.17) is 4.98 Å². The van der Waals surface area contributed by atoms with Gasteiger partial charge >= 0.3 is 0 Å². The third-order valence-corrected chi connectivity index (χ3v) is 8.16. The third-order valence-electron chi connectivity index (χ3n) is 6.79. The number of fused-ring (bicyclic) bond motifs is 2. The molecule has 212 valence electrons. The summed E-state index contributed by atoms with van der Waals surface area (Å²) in [4.78, 5) is 17.1. The molecular weight excluding hydrogens is 552 g/mol. The quantitative estimate of drug-likeness (QED) is 0.225. The number of aromatic nitrogens is 6. The number of rotatable bonds is 8. The van der Waals surface area contributed by atoms with Crippen LogP contribution in [0.3, 0.4) is 0 Å². The van der Waals surface area contributed by atoms with Crippen molar-refractivity contribution in [1.29, 1.82) is 0 Å². The van der Waals surface area contributed by atoms with Gasteiger partial charge in [-0.15, -0.1) is 0 Å². The fourth-order valence-electron chi connectivity index (χ4n) is 4.80. The summed E-state index contributed by atoms with van der Waals surface area (Å²) in [7, 11) is -3.81. The minimum absolute atomic E-state index is 0.0985. The molecule has 4 heterocycles. The highest BCUT2D eigenvalue weighted by Crippen LogP contribution is 2.34. The average Bonchev–Trinajstić information content (AvgIpc) is 3.35. The van der Waals surface area contributed by atoms with E-state index < -0.39 is 15.6 Å². The Balaban J connectivity index is 1.29. The molecule has 0 amide bonds. The Morgan fingerprint density at radius 1 is 0.905 bits per heavy atom. The van der Waals surface area contributed by atoms with Crippen molar-refractivity contribution < 1.29 is 13.5 Å². The molecule has 0 aliphatic rings. The number of aryl methyl sites for hydroxylation is 1. The van der Waals surface area contributed by atoms with Crippen LogP contribution in [0, 0.1) is 6.92 Å². The Morgan fingerprint density at radius 2 is 1.71 bits per heavy atom. The van der Waals surface area contributed by atoms with Crippen LogP contribution >= 0.6 is 0 Å². The molecule has 11 nitrogen and oxygen atoms in total. The van der Waals surface area contributed by atoms with Crippen LogP contribution in [0.1, 0.15) is 19.4 Å². The number of aliphatic hydroxyl groups is 1. The summed E-state index contributed by atoms with van der Waals surface area (Å²) in [6, 6.07) is 15.7. The van der Waals surface area contributed by atoms with E-state index in [1.54, 1.807) is 38.4 Å². The molecule has 0 atom stereocenters. The molecule has 0 fully saturated rings. The van der Waals surface area contributed by atoms with E-state index in [0.717, 1.165) is 38.5 Å². The summed E-state index contributed by atoms with van der Waals surface area (Å²) in [5.74, 6) is 0.775. The molecule has 0 radical (unpaired) electrons. The predicted octanol–water partition coefficient (Wildman–Crippen LogP) is 5.06. The first-order chi connectivity index (χ1) is 20.1. The fraction of sp³-hybridized carbons (Fsp3) is 0.167. The van der Waals surface area contributed by atoms with Crippen LogP contribution in [0.4, 0.5) is 17.3 Å². The predicted molar refractivity (Wildman–Crippen MR) is 162 cm³/mol. The lowest BCUT2D eigenvalue weighted by atomic mass is 9.98.